The van der Waals surface area contributed by atoms with E-state index in [1.54, 1.807) is 0 Å². The molecule has 2 aromatic carbocycles. The molecule has 1 N–H and O–H groups in total. The smallest absolute Gasteiger partial charge is 0.406 e. The molecule has 0 bridgehead atoms. The maximum atomic E-state index is 12.8. The molecule has 0 spiro atoms. The number of halogens is 4. The van der Waals surface area contributed by atoms with E-state index in [1.165, 1.54) is 24.3 Å². The largest absolute Gasteiger partial charge is 0.573 e. The van der Waals surface area contributed by atoms with Crippen molar-refractivity contribution in [2.45, 2.75) is 12.5 Å². The first-order valence-electron chi connectivity index (χ1n) is 5.64. The first kappa shape index (κ1) is 14.3. The number of aliphatic hydroxyl groups is 1. The van der Waals surface area contributed by atoms with Gasteiger partial charge >= 0.3 is 6.36 Å². The summed E-state index contributed by atoms with van der Waals surface area (Å²) in [6.07, 6.45) is -5.95. The third-order valence-corrected chi connectivity index (χ3v) is 2.59. The highest BCUT2D eigenvalue weighted by atomic mass is 19.4. The van der Waals surface area contributed by atoms with E-state index in [2.05, 4.69) is 4.74 Å². The summed E-state index contributed by atoms with van der Waals surface area (Å²) in [6, 6.07) is 10.0. The third-order valence-electron chi connectivity index (χ3n) is 2.59. The number of alkyl halides is 3. The molecule has 1 atom stereocenters. The summed E-state index contributed by atoms with van der Waals surface area (Å²) in [5, 5.41) is 10.0. The Balaban J connectivity index is 2.24. The summed E-state index contributed by atoms with van der Waals surface area (Å²) in [5.74, 6) is -0.883. The highest BCUT2D eigenvalue weighted by Crippen LogP contribution is 2.28. The van der Waals surface area contributed by atoms with Gasteiger partial charge in [-0.1, -0.05) is 24.3 Å². The molecule has 0 fully saturated rings. The van der Waals surface area contributed by atoms with E-state index in [0.717, 1.165) is 24.3 Å². The minimum Gasteiger partial charge on any atom is -0.406 e. The second-order valence-electron chi connectivity index (χ2n) is 4.07. The Morgan fingerprint density at radius 3 is 2.20 bits per heavy atom. The van der Waals surface area contributed by atoms with E-state index in [9.17, 15) is 22.7 Å². The minimum atomic E-state index is -4.79. The van der Waals surface area contributed by atoms with Gasteiger partial charge in [0, 0.05) is 0 Å². The summed E-state index contributed by atoms with van der Waals surface area (Å²) >= 11 is 0. The van der Waals surface area contributed by atoms with Crippen LogP contribution in [0.1, 0.15) is 17.2 Å². The molecule has 2 nitrogen and oxygen atoms in total. The number of benzene rings is 2. The topological polar surface area (TPSA) is 29.5 Å². The third kappa shape index (κ3) is 3.71. The van der Waals surface area contributed by atoms with Crippen LogP contribution in [0.5, 0.6) is 5.75 Å². The molecular weight excluding hydrogens is 276 g/mol. The van der Waals surface area contributed by atoms with Crippen LogP contribution in [0.15, 0.2) is 48.5 Å². The number of hydrogen-bond donors (Lipinski definition) is 1. The molecule has 0 saturated heterocycles. The van der Waals surface area contributed by atoms with Gasteiger partial charge in [0.2, 0.25) is 0 Å². The van der Waals surface area contributed by atoms with Gasteiger partial charge < -0.3 is 9.84 Å². The number of aliphatic hydroxyl groups excluding tert-OH is 1. The maximum absolute atomic E-state index is 12.8. The van der Waals surface area contributed by atoms with Gasteiger partial charge in [0.05, 0.1) is 0 Å². The number of rotatable bonds is 3. The number of ether oxygens (including phenoxy) is 1. The Morgan fingerprint density at radius 1 is 0.950 bits per heavy atom. The molecule has 20 heavy (non-hydrogen) atoms. The van der Waals surface area contributed by atoms with Crippen molar-refractivity contribution in [3.05, 3.63) is 65.5 Å². The van der Waals surface area contributed by atoms with Crippen molar-refractivity contribution in [2.75, 3.05) is 0 Å². The van der Waals surface area contributed by atoms with E-state index in [1.807, 2.05) is 0 Å². The fraction of sp³-hybridized carbons (Fsp3) is 0.143. The normalized spacial score (nSPS) is 13.1. The lowest BCUT2D eigenvalue weighted by Gasteiger charge is -2.14. The molecule has 0 amide bonds. The fourth-order valence-electron chi connectivity index (χ4n) is 1.72. The Bertz CT molecular complexity index is 578. The second kappa shape index (κ2) is 5.50. The van der Waals surface area contributed by atoms with Crippen LogP contribution >= 0.6 is 0 Å². The minimum absolute atomic E-state index is 0.221. The lowest BCUT2D eigenvalue weighted by atomic mass is 10.0. The predicted octanol–water partition coefficient (Wildman–Crippen LogP) is 3.81. The van der Waals surface area contributed by atoms with Crippen molar-refractivity contribution in [2.24, 2.45) is 0 Å². The Labute approximate surface area is 112 Å². The van der Waals surface area contributed by atoms with Crippen molar-refractivity contribution >= 4 is 0 Å². The monoisotopic (exact) mass is 286 g/mol. The maximum Gasteiger partial charge on any atom is 0.573 e. The zero-order valence-electron chi connectivity index (χ0n) is 10.1. The zero-order chi connectivity index (χ0) is 14.8. The Morgan fingerprint density at radius 2 is 1.60 bits per heavy atom. The zero-order valence-corrected chi connectivity index (χ0v) is 10.1. The lowest BCUT2D eigenvalue weighted by Crippen LogP contribution is -2.17. The van der Waals surface area contributed by atoms with Gasteiger partial charge in [-0.05, 0) is 35.4 Å². The van der Waals surface area contributed by atoms with E-state index >= 15 is 0 Å². The fourth-order valence-corrected chi connectivity index (χ4v) is 1.72. The molecule has 0 aliphatic heterocycles. The first-order valence-corrected chi connectivity index (χ1v) is 5.64. The Hall–Kier alpha value is -2.08. The first-order chi connectivity index (χ1) is 9.35. The van der Waals surface area contributed by atoms with Crippen LogP contribution in [0, 0.1) is 5.82 Å². The molecule has 2 rings (SSSR count). The summed E-state index contributed by atoms with van der Waals surface area (Å²) in [6.45, 7) is 0. The van der Waals surface area contributed by atoms with Crippen LogP contribution in [-0.2, 0) is 0 Å². The van der Waals surface area contributed by atoms with Gasteiger partial charge in [-0.15, -0.1) is 13.2 Å². The van der Waals surface area contributed by atoms with Crippen LogP contribution in [-0.4, -0.2) is 11.5 Å². The van der Waals surface area contributed by atoms with Gasteiger partial charge in [-0.3, -0.25) is 0 Å². The van der Waals surface area contributed by atoms with Crippen LogP contribution < -0.4 is 4.74 Å². The standard InChI is InChI=1S/C14H10F4O2/c15-11-6-4-9(5-7-11)13(19)10-2-1-3-12(8-10)20-14(16,17)18/h1-8,13,19H. The summed E-state index contributed by atoms with van der Waals surface area (Å²) in [4.78, 5) is 0. The highest BCUT2D eigenvalue weighted by molar-refractivity contribution is 5.35. The average Bonchev–Trinajstić information content (AvgIpc) is 2.37. The van der Waals surface area contributed by atoms with Gasteiger partial charge in [0.15, 0.2) is 0 Å². The van der Waals surface area contributed by atoms with Crippen LogP contribution in [0.2, 0.25) is 0 Å². The molecule has 106 valence electrons. The number of hydrogen-bond acceptors (Lipinski definition) is 2. The van der Waals surface area contributed by atoms with Gasteiger partial charge in [0.1, 0.15) is 17.7 Å². The quantitative estimate of drug-likeness (QED) is 0.869. The van der Waals surface area contributed by atoms with E-state index < -0.39 is 24.0 Å². The molecule has 2 aromatic rings. The molecule has 0 radical (unpaired) electrons. The average molecular weight is 286 g/mol. The van der Waals surface area contributed by atoms with Crippen LogP contribution in [0.3, 0.4) is 0 Å². The lowest BCUT2D eigenvalue weighted by molar-refractivity contribution is -0.274. The van der Waals surface area contributed by atoms with Crippen molar-refractivity contribution in [1.29, 1.82) is 0 Å². The Kier molecular flexibility index (Phi) is 3.94. The van der Waals surface area contributed by atoms with E-state index in [4.69, 9.17) is 0 Å². The molecular formula is C14H10F4O2. The predicted molar refractivity (Wildman–Crippen MR) is 63.6 cm³/mol. The van der Waals surface area contributed by atoms with Crippen LogP contribution in [0.25, 0.3) is 0 Å². The summed E-state index contributed by atoms with van der Waals surface area (Å²) in [7, 11) is 0. The summed E-state index contributed by atoms with van der Waals surface area (Å²) < 4.78 is 52.9. The van der Waals surface area contributed by atoms with E-state index in [-0.39, 0.29) is 5.56 Å². The van der Waals surface area contributed by atoms with Crippen molar-refractivity contribution in [3.63, 3.8) is 0 Å². The van der Waals surface area contributed by atoms with Crippen LogP contribution in [0.4, 0.5) is 17.6 Å². The second-order valence-corrected chi connectivity index (χ2v) is 4.07. The molecule has 0 aliphatic carbocycles. The molecule has 6 heteroatoms. The molecule has 1 unspecified atom stereocenters. The van der Waals surface area contributed by atoms with E-state index in [0.29, 0.717) is 5.56 Å². The van der Waals surface area contributed by atoms with Gasteiger partial charge in [-0.25, -0.2) is 4.39 Å². The molecule has 0 aromatic heterocycles. The SMILES string of the molecule is OC(c1ccc(F)cc1)c1cccc(OC(F)(F)F)c1. The van der Waals surface area contributed by atoms with Gasteiger partial charge in [-0.2, -0.15) is 0 Å². The van der Waals surface area contributed by atoms with Gasteiger partial charge in [0.25, 0.3) is 0 Å². The van der Waals surface area contributed by atoms with Crippen molar-refractivity contribution in [1.82, 2.24) is 0 Å². The van der Waals surface area contributed by atoms with Crippen molar-refractivity contribution < 1.29 is 27.4 Å². The summed E-state index contributed by atoms with van der Waals surface area (Å²) in [5.41, 5.74) is 0.592. The molecule has 0 saturated carbocycles. The molecule has 0 aliphatic rings. The highest BCUT2D eigenvalue weighted by Gasteiger charge is 2.31. The molecule has 0 heterocycles. The van der Waals surface area contributed by atoms with Crippen molar-refractivity contribution in [3.8, 4) is 5.75 Å².